The van der Waals surface area contributed by atoms with E-state index in [2.05, 4.69) is 0 Å². The number of anilines is 1. The van der Waals surface area contributed by atoms with E-state index in [1.54, 1.807) is 23.1 Å². The highest BCUT2D eigenvalue weighted by molar-refractivity contribution is 6.31. The van der Waals surface area contributed by atoms with Crippen LogP contribution in [0.5, 0.6) is 0 Å². The molecule has 2 rings (SSSR count). The van der Waals surface area contributed by atoms with Gasteiger partial charge in [0.25, 0.3) is 0 Å². The highest BCUT2D eigenvalue weighted by atomic mass is 35.5. The maximum Gasteiger partial charge on any atom is 0.227 e. The van der Waals surface area contributed by atoms with E-state index in [0.29, 0.717) is 35.8 Å². The number of benzene rings is 1. The van der Waals surface area contributed by atoms with E-state index in [0.717, 1.165) is 0 Å². The monoisotopic (exact) mass is 266 g/mol. The molecule has 0 aliphatic carbocycles. The lowest BCUT2D eigenvalue weighted by Crippen LogP contribution is -2.27. The molecule has 18 heavy (non-hydrogen) atoms. The Morgan fingerprint density at radius 2 is 2.28 bits per heavy atom. The van der Waals surface area contributed by atoms with Gasteiger partial charge in [0, 0.05) is 23.6 Å². The van der Waals surface area contributed by atoms with Crippen LogP contribution >= 0.6 is 11.6 Å². The number of nitrogens with two attached hydrogens (primary N) is 1. The van der Waals surface area contributed by atoms with Gasteiger partial charge in [-0.05, 0) is 37.6 Å². The predicted octanol–water partition coefficient (Wildman–Crippen LogP) is 1.85. The van der Waals surface area contributed by atoms with Crippen molar-refractivity contribution in [3.63, 3.8) is 0 Å². The van der Waals surface area contributed by atoms with Gasteiger partial charge in [0.15, 0.2) is 5.78 Å². The number of halogens is 1. The van der Waals surface area contributed by atoms with Crippen molar-refractivity contribution < 1.29 is 9.59 Å². The van der Waals surface area contributed by atoms with Crippen molar-refractivity contribution >= 4 is 29.0 Å². The summed E-state index contributed by atoms with van der Waals surface area (Å²) in [6.45, 7) is 2.51. The van der Waals surface area contributed by atoms with Crippen molar-refractivity contribution in [2.24, 2.45) is 11.7 Å². The minimum atomic E-state index is -0.100. The van der Waals surface area contributed by atoms with E-state index in [9.17, 15) is 9.59 Å². The van der Waals surface area contributed by atoms with E-state index in [-0.39, 0.29) is 17.6 Å². The van der Waals surface area contributed by atoms with Gasteiger partial charge in [-0.3, -0.25) is 9.59 Å². The fraction of sp³-hybridized carbons (Fsp3) is 0.385. The van der Waals surface area contributed by atoms with E-state index >= 15 is 0 Å². The summed E-state index contributed by atoms with van der Waals surface area (Å²) in [7, 11) is 0. The number of nitrogens with zero attached hydrogens (tertiary/aromatic N) is 1. The molecule has 1 aromatic rings. The third kappa shape index (κ3) is 2.40. The zero-order chi connectivity index (χ0) is 13.3. The van der Waals surface area contributed by atoms with Gasteiger partial charge in [-0.15, -0.1) is 0 Å². The number of carbonyl (C=O) groups is 2. The maximum absolute atomic E-state index is 11.9. The van der Waals surface area contributed by atoms with Crippen LogP contribution < -0.4 is 10.6 Å². The van der Waals surface area contributed by atoms with Gasteiger partial charge in [-0.25, -0.2) is 0 Å². The molecule has 1 saturated heterocycles. The molecular formula is C13H15ClN2O2. The summed E-state index contributed by atoms with van der Waals surface area (Å²) < 4.78 is 0. The average molecular weight is 267 g/mol. The first-order valence-electron chi connectivity index (χ1n) is 5.84. The van der Waals surface area contributed by atoms with Gasteiger partial charge < -0.3 is 10.6 Å². The first kappa shape index (κ1) is 13.1. The van der Waals surface area contributed by atoms with Gasteiger partial charge in [-0.2, -0.15) is 0 Å². The highest BCUT2D eigenvalue weighted by Gasteiger charge is 2.31. The van der Waals surface area contributed by atoms with Crippen LogP contribution in [-0.4, -0.2) is 24.8 Å². The second kappa shape index (κ2) is 5.08. The summed E-state index contributed by atoms with van der Waals surface area (Å²) in [6, 6.07) is 5.00. The van der Waals surface area contributed by atoms with E-state index in [4.69, 9.17) is 17.3 Å². The van der Waals surface area contributed by atoms with Crippen LogP contribution in [0.15, 0.2) is 18.2 Å². The second-order valence-electron chi connectivity index (χ2n) is 4.53. The Morgan fingerprint density at radius 1 is 1.56 bits per heavy atom. The lowest BCUT2D eigenvalue weighted by molar-refractivity contribution is -0.117. The maximum atomic E-state index is 11.9. The van der Waals surface area contributed by atoms with E-state index in [1.165, 1.54) is 6.92 Å². The van der Waals surface area contributed by atoms with Crippen LogP contribution in [0.2, 0.25) is 5.02 Å². The lowest BCUT2D eigenvalue weighted by Gasteiger charge is -2.19. The summed E-state index contributed by atoms with van der Waals surface area (Å²) in [5, 5.41) is 0.492. The van der Waals surface area contributed by atoms with E-state index < -0.39 is 0 Å². The predicted molar refractivity (Wildman–Crippen MR) is 71.0 cm³/mol. The quantitative estimate of drug-likeness (QED) is 0.850. The molecule has 0 radical (unpaired) electrons. The van der Waals surface area contributed by atoms with Gasteiger partial charge in [0.05, 0.1) is 5.69 Å². The number of rotatable bonds is 3. The number of amides is 1. The molecule has 1 aliphatic heterocycles. The third-order valence-corrected chi connectivity index (χ3v) is 3.40. The molecule has 1 aliphatic rings. The zero-order valence-corrected chi connectivity index (χ0v) is 10.9. The van der Waals surface area contributed by atoms with Crippen LogP contribution in [0.4, 0.5) is 5.69 Å². The number of hydrogen-bond donors (Lipinski definition) is 1. The summed E-state index contributed by atoms with van der Waals surface area (Å²) >= 11 is 5.88. The van der Waals surface area contributed by atoms with Crippen LogP contribution in [0, 0.1) is 5.92 Å². The Hall–Kier alpha value is -1.39. The molecule has 0 bridgehead atoms. The molecule has 1 heterocycles. The van der Waals surface area contributed by atoms with Gasteiger partial charge >= 0.3 is 0 Å². The standard InChI is InChI=1S/C13H15ClN2O2/c1-8(17)11-5-10(14)2-3-12(11)16-7-9(6-15)4-13(16)18/h2-3,5,9H,4,6-7,15H2,1H3. The normalized spacial score (nSPS) is 19.4. The molecule has 0 saturated carbocycles. The van der Waals surface area contributed by atoms with Crippen molar-refractivity contribution in [2.45, 2.75) is 13.3 Å². The first-order chi connectivity index (χ1) is 8.52. The largest absolute Gasteiger partial charge is 0.330 e. The lowest BCUT2D eigenvalue weighted by atomic mass is 10.1. The molecule has 1 fully saturated rings. The molecule has 1 atom stereocenters. The Balaban J connectivity index is 2.39. The number of hydrogen-bond acceptors (Lipinski definition) is 3. The topological polar surface area (TPSA) is 63.4 Å². The summed E-state index contributed by atoms with van der Waals surface area (Å²) in [6.07, 6.45) is 0.441. The van der Waals surface area contributed by atoms with Crippen molar-refractivity contribution in [3.8, 4) is 0 Å². The SMILES string of the molecule is CC(=O)c1cc(Cl)ccc1N1CC(CN)CC1=O. The van der Waals surface area contributed by atoms with Crippen molar-refractivity contribution in [3.05, 3.63) is 28.8 Å². The van der Waals surface area contributed by atoms with Crippen LogP contribution in [0.1, 0.15) is 23.7 Å². The van der Waals surface area contributed by atoms with Crippen LogP contribution in [-0.2, 0) is 4.79 Å². The van der Waals surface area contributed by atoms with Crippen molar-refractivity contribution in [1.82, 2.24) is 0 Å². The zero-order valence-electron chi connectivity index (χ0n) is 10.1. The average Bonchev–Trinajstić information content (AvgIpc) is 2.70. The Kier molecular flexibility index (Phi) is 3.68. The number of Topliss-reactive ketones (excluding diaryl/α,β-unsaturated/α-hetero) is 1. The van der Waals surface area contributed by atoms with Crippen LogP contribution in [0.3, 0.4) is 0 Å². The third-order valence-electron chi connectivity index (χ3n) is 3.17. The summed E-state index contributed by atoms with van der Waals surface area (Å²) in [4.78, 5) is 25.2. The van der Waals surface area contributed by atoms with Gasteiger partial charge in [-0.1, -0.05) is 11.6 Å². The summed E-state index contributed by atoms with van der Waals surface area (Å²) in [5.41, 5.74) is 6.70. The molecule has 1 amide bonds. The smallest absolute Gasteiger partial charge is 0.227 e. The fourth-order valence-electron chi connectivity index (χ4n) is 2.20. The van der Waals surface area contributed by atoms with Crippen molar-refractivity contribution in [1.29, 1.82) is 0 Å². The summed E-state index contributed by atoms with van der Waals surface area (Å²) in [5.74, 6) is 0.0692. The molecule has 1 unspecified atom stereocenters. The molecule has 2 N–H and O–H groups in total. The Labute approximate surface area is 111 Å². The van der Waals surface area contributed by atoms with Gasteiger partial charge in [0.1, 0.15) is 0 Å². The molecule has 1 aromatic carbocycles. The van der Waals surface area contributed by atoms with Gasteiger partial charge in [0.2, 0.25) is 5.91 Å². The molecule has 4 nitrogen and oxygen atoms in total. The molecular weight excluding hydrogens is 252 g/mol. The number of ketones is 1. The minimum absolute atomic E-state index is 0.00951. The van der Waals surface area contributed by atoms with Crippen molar-refractivity contribution in [2.75, 3.05) is 18.0 Å². The molecule has 0 aromatic heterocycles. The fourth-order valence-corrected chi connectivity index (χ4v) is 2.37. The first-order valence-corrected chi connectivity index (χ1v) is 6.21. The minimum Gasteiger partial charge on any atom is -0.330 e. The Bertz CT molecular complexity index is 502. The molecule has 96 valence electrons. The highest BCUT2D eigenvalue weighted by Crippen LogP contribution is 2.30. The Morgan fingerprint density at radius 3 is 2.83 bits per heavy atom. The molecule has 5 heteroatoms. The van der Waals surface area contributed by atoms with E-state index in [1.807, 2.05) is 0 Å². The number of carbonyl (C=O) groups excluding carboxylic acids is 2. The van der Waals surface area contributed by atoms with Crippen LogP contribution in [0.25, 0.3) is 0 Å². The second-order valence-corrected chi connectivity index (χ2v) is 4.96. The molecule has 0 spiro atoms.